The van der Waals surface area contributed by atoms with Gasteiger partial charge < -0.3 is 10.5 Å². The maximum Gasteiger partial charge on any atom is 0.166 e. The maximum absolute atomic E-state index is 14.0. The van der Waals surface area contributed by atoms with Gasteiger partial charge in [0.2, 0.25) is 0 Å². The second kappa shape index (κ2) is 6.86. The Bertz CT molecular complexity index is 588. The summed E-state index contributed by atoms with van der Waals surface area (Å²) in [6.07, 6.45) is 1.43. The van der Waals surface area contributed by atoms with E-state index in [1.54, 1.807) is 18.2 Å². The van der Waals surface area contributed by atoms with Gasteiger partial charge in [0.25, 0.3) is 0 Å². The number of halogens is 2. The molecule has 20 heavy (non-hydrogen) atoms. The van der Waals surface area contributed by atoms with Crippen molar-refractivity contribution in [2.24, 2.45) is 5.73 Å². The summed E-state index contributed by atoms with van der Waals surface area (Å²) >= 11 is 3.37. The molecule has 0 aliphatic heterocycles. The van der Waals surface area contributed by atoms with Gasteiger partial charge in [-0.15, -0.1) is 0 Å². The van der Waals surface area contributed by atoms with Crippen LogP contribution in [0.15, 0.2) is 46.9 Å². The van der Waals surface area contributed by atoms with Gasteiger partial charge in [-0.3, -0.25) is 0 Å². The molecule has 1 unspecified atom stereocenters. The minimum atomic E-state index is -0.370. The van der Waals surface area contributed by atoms with Crippen LogP contribution < -0.4 is 10.5 Å². The molecule has 2 aromatic carbocycles. The van der Waals surface area contributed by atoms with Crippen molar-refractivity contribution in [2.75, 3.05) is 0 Å². The largest absolute Gasteiger partial charge is 0.454 e. The quantitative estimate of drug-likeness (QED) is 0.861. The Morgan fingerprint density at radius 1 is 1.25 bits per heavy atom. The topological polar surface area (TPSA) is 35.2 Å². The first-order valence-electron chi connectivity index (χ1n) is 6.56. The van der Waals surface area contributed by atoms with E-state index in [4.69, 9.17) is 10.5 Å². The van der Waals surface area contributed by atoms with Crippen LogP contribution in [-0.4, -0.2) is 6.04 Å². The van der Waals surface area contributed by atoms with Gasteiger partial charge in [0.05, 0.1) is 0 Å². The highest BCUT2D eigenvalue weighted by Gasteiger charge is 2.13. The minimum Gasteiger partial charge on any atom is -0.454 e. The highest BCUT2D eigenvalue weighted by Crippen LogP contribution is 2.30. The van der Waals surface area contributed by atoms with Crippen molar-refractivity contribution in [3.05, 3.63) is 58.3 Å². The Hall–Kier alpha value is -1.39. The molecule has 2 aromatic rings. The van der Waals surface area contributed by atoms with E-state index >= 15 is 0 Å². The van der Waals surface area contributed by atoms with Gasteiger partial charge in [0.15, 0.2) is 11.6 Å². The summed E-state index contributed by atoms with van der Waals surface area (Å²) in [7, 11) is 0. The third kappa shape index (κ3) is 3.81. The Morgan fingerprint density at radius 2 is 2.00 bits per heavy atom. The smallest absolute Gasteiger partial charge is 0.166 e. The van der Waals surface area contributed by atoms with Crippen LogP contribution in [-0.2, 0) is 6.42 Å². The highest BCUT2D eigenvalue weighted by molar-refractivity contribution is 9.10. The molecule has 1 atom stereocenters. The lowest BCUT2D eigenvalue weighted by molar-refractivity contribution is 0.433. The van der Waals surface area contributed by atoms with E-state index in [0.717, 1.165) is 16.5 Å². The average Bonchev–Trinajstić information content (AvgIpc) is 2.42. The predicted molar refractivity (Wildman–Crippen MR) is 82.6 cm³/mol. The Balaban J connectivity index is 2.30. The van der Waals surface area contributed by atoms with Gasteiger partial charge in [-0.25, -0.2) is 4.39 Å². The van der Waals surface area contributed by atoms with E-state index in [9.17, 15) is 4.39 Å². The van der Waals surface area contributed by atoms with Crippen LogP contribution in [0.1, 0.15) is 18.9 Å². The minimum absolute atomic E-state index is 0.00154. The second-order valence-electron chi connectivity index (χ2n) is 4.66. The van der Waals surface area contributed by atoms with E-state index in [0.29, 0.717) is 12.2 Å². The van der Waals surface area contributed by atoms with Gasteiger partial charge in [-0.1, -0.05) is 41.1 Å². The number of nitrogens with two attached hydrogens (primary N) is 1. The second-order valence-corrected chi connectivity index (χ2v) is 5.58. The summed E-state index contributed by atoms with van der Waals surface area (Å²) < 4.78 is 20.6. The van der Waals surface area contributed by atoms with Crippen molar-refractivity contribution >= 4 is 15.9 Å². The molecule has 0 saturated heterocycles. The molecule has 0 fully saturated rings. The molecule has 4 heteroatoms. The Kier molecular flexibility index (Phi) is 5.15. The highest BCUT2D eigenvalue weighted by atomic mass is 79.9. The summed E-state index contributed by atoms with van der Waals surface area (Å²) in [6, 6.07) is 12.3. The normalized spacial score (nSPS) is 12.2. The molecule has 106 valence electrons. The van der Waals surface area contributed by atoms with Crippen LogP contribution in [0.25, 0.3) is 0 Å². The summed E-state index contributed by atoms with van der Waals surface area (Å²) in [5, 5.41) is 0. The fourth-order valence-electron chi connectivity index (χ4n) is 1.90. The zero-order chi connectivity index (χ0) is 14.5. The van der Waals surface area contributed by atoms with E-state index in [1.807, 2.05) is 25.1 Å². The third-order valence-electron chi connectivity index (χ3n) is 3.07. The third-order valence-corrected chi connectivity index (χ3v) is 3.56. The number of para-hydroxylation sites is 1. The Morgan fingerprint density at radius 3 is 2.70 bits per heavy atom. The first-order chi connectivity index (χ1) is 9.60. The van der Waals surface area contributed by atoms with Crippen LogP contribution in [0.4, 0.5) is 4.39 Å². The number of hydrogen-bond donors (Lipinski definition) is 1. The van der Waals surface area contributed by atoms with Crippen LogP contribution in [0.3, 0.4) is 0 Å². The molecule has 2 N–H and O–H groups in total. The van der Waals surface area contributed by atoms with E-state index in [1.165, 1.54) is 6.07 Å². The molecule has 0 aliphatic carbocycles. The van der Waals surface area contributed by atoms with Gasteiger partial charge in [0, 0.05) is 10.5 Å². The van der Waals surface area contributed by atoms with Crippen LogP contribution in [0.2, 0.25) is 0 Å². The average molecular weight is 338 g/mol. The van der Waals surface area contributed by atoms with E-state index < -0.39 is 0 Å². The van der Waals surface area contributed by atoms with E-state index in [-0.39, 0.29) is 17.6 Å². The van der Waals surface area contributed by atoms with Crippen LogP contribution >= 0.6 is 15.9 Å². The van der Waals surface area contributed by atoms with Crippen LogP contribution in [0.5, 0.6) is 11.5 Å². The Labute approximate surface area is 126 Å². The molecule has 0 spiro atoms. The summed E-state index contributed by atoms with van der Waals surface area (Å²) in [6.45, 7) is 2.01. The standard InChI is InChI=1S/C16H17BrFNO/c1-2-13(19)9-11-5-3-8-15(18)16(11)20-14-7-4-6-12(17)10-14/h3-8,10,13H,2,9,19H2,1H3. The lowest BCUT2D eigenvalue weighted by atomic mass is 10.0. The van der Waals surface area contributed by atoms with Gasteiger partial charge >= 0.3 is 0 Å². The lowest BCUT2D eigenvalue weighted by Crippen LogP contribution is -2.21. The molecule has 2 rings (SSSR count). The van der Waals surface area contributed by atoms with Crippen molar-refractivity contribution in [1.29, 1.82) is 0 Å². The molecule has 0 heterocycles. The maximum atomic E-state index is 14.0. The first-order valence-corrected chi connectivity index (χ1v) is 7.36. The van der Waals surface area contributed by atoms with Crippen molar-refractivity contribution in [3.8, 4) is 11.5 Å². The number of rotatable bonds is 5. The molecule has 0 bridgehead atoms. The van der Waals surface area contributed by atoms with Gasteiger partial charge in [-0.2, -0.15) is 0 Å². The van der Waals surface area contributed by atoms with Crippen molar-refractivity contribution < 1.29 is 9.13 Å². The van der Waals surface area contributed by atoms with Crippen molar-refractivity contribution in [3.63, 3.8) is 0 Å². The van der Waals surface area contributed by atoms with Gasteiger partial charge in [0.1, 0.15) is 5.75 Å². The number of ether oxygens (including phenoxy) is 1. The SMILES string of the molecule is CCC(N)Cc1cccc(F)c1Oc1cccc(Br)c1. The molecular formula is C16H17BrFNO. The lowest BCUT2D eigenvalue weighted by Gasteiger charge is -2.15. The molecular weight excluding hydrogens is 321 g/mol. The zero-order valence-corrected chi connectivity index (χ0v) is 12.9. The number of hydrogen-bond acceptors (Lipinski definition) is 2. The molecule has 0 aliphatic rings. The van der Waals surface area contributed by atoms with Crippen molar-refractivity contribution in [1.82, 2.24) is 0 Å². The molecule has 0 radical (unpaired) electrons. The predicted octanol–water partition coefficient (Wildman–Crippen LogP) is 4.66. The van der Waals surface area contributed by atoms with Gasteiger partial charge in [-0.05, 0) is 42.7 Å². The summed E-state index contributed by atoms with van der Waals surface area (Å²) in [5.41, 5.74) is 6.75. The fraction of sp³-hybridized carbons (Fsp3) is 0.250. The molecule has 0 aromatic heterocycles. The first kappa shape index (κ1) is 15.0. The summed E-state index contributed by atoms with van der Waals surface area (Å²) in [4.78, 5) is 0. The van der Waals surface area contributed by atoms with E-state index in [2.05, 4.69) is 15.9 Å². The van der Waals surface area contributed by atoms with Crippen molar-refractivity contribution in [2.45, 2.75) is 25.8 Å². The number of benzene rings is 2. The summed E-state index contributed by atoms with van der Waals surface area (Å²) in [5.74, 6) is 0.482. The molecule has 0 amide bonds. The zero-order valence-electron chi connectivity index (χ0n) is 11.3. The fourth-order valence-corrected chi connectivity index (χ4v) is 2.28. The molecule has 2 nitrogen and oxygen atoms in total. The monoisotopic (exact) mass is 337 g/mol. The molecule has 0 saturated carbocycles. The van der Waals surface area contributed by atoms with Crippen LogP contribution in [0, 0.1) is 5.82 Å².